The maximum atomic E-state index is 3.75. The third-order valence-corrected chi connectivity index (χ3v) is 0.993. The Labute approximate surface area is 47.9 Å². The highest BCUT2D eigenvalue weighted by atomic mass is 15.4. The fourth-order valence-corrected chi connectivity index (χ4v) is 0.453. The van der Waals surface area contributed by atoms with Crippen LogP contribution in [0.15, 0.2) is 10.3 Å². The number of hydrogen-bond acceptors (Lipinski definition) is 2. The van der Waals surface area contributed by atoms with Crippen molar-refractivity contribution in [2.24, 2.45) is 16.2 Å². The largest absolute Gasteiger partial charge is 0.273 e. The van der Waals surface area contributed by atoms with Crippen LogP contribution < -0.4 is 0 Å². The molecule has 0 aromatic heterocycles. The smallest absolute Gasteiger partial charge is 0.0825 e. The predicted octanol–water partition coefficient (Wildman–Crippen LogP) is 0.743. The Bertz CT molecular complexity index is 172. The Morgan fingerprint density at radius 3 is 2.62 bits per heavy atom. The molecule has 1 aliphatic heterocycles. The van der Waals surface area contributed by atoms with Gasteiger partial charge in [-0.3, -0.25) is 0 Å². The van der Waals surface area contributed by atoms with Crippen molar-refractivity contribution in [3.05, 3.63) is 0 Å². The van der Waals surface area contributed by atoms with Gasteiger partial charge < -0.3 is 0 Å². The van der Waals surface area contributed by atoms with Crippen molar-refractivity contribution in [3.8, 4) is 0 Å². The Kier molecular flexibility index (Phi) is 1.22. The first-order valence-electron chi connectivity index (χ1n) is 2.61. The third kappa shape index (κ3) is 0.820. The number of rotatable bonds is 1. The molecule has 0 unspecified atom stereocenters. The van der Waals surface area contributed by atoms with Crippen LogP contribution in [0.4, 0.5) is 0 Å². The summed E-state index contributed by atoms with van der Waals surface area (Å²) >= 11 is 0. The van der Waals surface area contributed by atoms with Gasteiger partial charge in [0.2, 0.25) is 10.9 Å². The third-order valence-electron chi connectivity index (χ3n) is 0.993. The minimum atomic E-state index is 0.449. The van der Waals surface area contributed by atoms with Crippen molar-refractivity contribution in [2.75, 3.05) is 0 Å². The summed E-state index contributed by atoms with van der Waals surface area (Å²) in [5.74, 6) is 0.449. The van der Waals surface area contributed by atoms with Gasteiger partial charge in [-0.25, -0.2) is 0 Å². The molecule has 0 radical (unpaired) electrons. The van der Waals surface area contributed by atoms with Gasteiger partial charge in [0.25, 0.3) is 6.21 Å². The second-order valence-electron chi connectivity index (χ2n) is 2.01. The lowest BCUT2D eigenvalue weighted by Crippen LogP contribution is -2.05. The number of hydrogen-bond donors (Lipinski definition) is 0. The van der Waals surface area contributed by atoms with Gasteiger partial charge in [0, 0.05) is 5.92 Å². The summed E-state index contributed by atoms with van der Waals surface area (Å²) in [5.41, 5.74) is 0.963. The Hall–Kier alpha value is -0.950. The summed E-state index contributed by atoms with van der Waals surface area (Å²) in [6.45, 7) is 4.12. The fourth-order valence-electron chi connectivity index (χ4n) is 0.453. The number of nitrogens with zero attached hydrogens (tertiary/aromatic N) is 3. The minimum absolute atomic E-state index is 0.449. The normalized spacial score (nSPS) is 15.6. The van der Waals surface area contributed by atoms with E-state index in [9.17, 15) is 0 Å². The van der Waals surface area contributed by atoms with Gasteiger partial charge in [0.15, 0.2) is 0 Å². The second kappa shape index (κ2) is 1.88. The Balaban J connectivity index is 2.65. The van der Waals surface area contributed by atoms with Crippen LogP contribution in [-0.2, 0) is 0 Å². The van der Waals surface area contributed by atoms with E-state index >= 15 is 0 Å². The van der Waals surface area contributed by atoms with E-state index in [0.29, 0.717) is 5.92 Å². The average Bonchev–Trinajstić information content (AvgIpc) is 2.12. The van der Waals surface area contributed by atoms with E-state index < -0.39 is 0 Å². The molecule has 0 fully saturated rings. The summed E-state index contributed by atoms with van der Waals surface area (Å²) in [7, 11) is 0. The Morgan fingerprint density at radius 1 is 1.62 bits per heavy atom. The lowest BCUT2D eigenvalue weighted by atomic mass is 10.1. The molecule has 1 heterocycles. The van der Waals surface area contributed by atoms with E-state index in [2.05, 4.69) is 29.0 Å². The molecule has 0 aromatic carbocycles. The SMILES string of the molecule is CC(C)C1=NN=[N+]=C1. The summed E-state index contributed by atoms with van der Waals surface area (Å²) in [5, 5.41) is 7.20. The van der Waals surface area contributed by atoms with Crippen LogP contribution in [0.3, 0.4) is 0 Å². The Morgan fingerprint density at radius 2 is 2.38 bits per heavy atom. The zero-order valence-corrected chi connectivity index (χ0v) is 5.00. The van der Waals surface area contributed by atoms with Gasteiger partial charge in [-0.05, 0) is 0 Å². The van der Waals surface area contributed by atoms with Gasteiger partial charge in [-0.2, -0.15) is 0 Å². The first-order chi connectivity index (χ1) is 3.80. The molecule has 3 nitrogen and oxygen atoms in total. The van der Waals surface area contributed by atoms with E-state index in [1.807, 2.05) is 0 Å². The monoisotopic (exact) mass is 110 g/mol. The summed E-state index contributed by atoms with van der Waals surface area (Å²) in [4.78, 5) is 3.58. The fraction of sp³-hybridized carbons (Fsp3) is 0.600. The van der Waals surface area contributed by atoms with Gasteiger partial charge >= 0.3 is 0 Å². The van der Waals surface area contributed by atoms with Crippen molar-refractivity contribution in [2.45, 2.75) is 13.8 Å². The topological polar surface area (TPSA) is 38.8 Å². The van der Waals surface area contributed by atoms with Crippen molar-refractivity contribution in [1.82, 2.24) is 0 Å². The first-order valence-corrected chi connectivity index (χ1v) is 2.61. The van der Waals surface area contributed by atoms with E-state index in [0.717, 1.165) is 5.71 Å². The minimum Gasteiger partial charge on any atom is -0.0825 e. The predicted molar refractivity (Wildman–Crippen MR) is 31.0 cm³/mol. The second-order valence-corrected chi connectivity index (χ2v) is 2.01. The highest BCUT2D eigenvalue weighted by Gasteiger charge is 2.14. The summed E-state index contributed by atoms with van der Waals surface area (Å²) in [6, 6.07) is 0. The summed E-state index contributed by atoms with van der Waals surface area (Å²) in [6.07, 6.45) is 1.69. The summed E-state index contributed by atoms with van der Waals surface area (Å²) < 4.78 is 0. The lowest BCUT2D eigenvalue weighted by Gasteiger charge is -1.86. The van der Waals surface area contributed by atoms with Crippen molar-refractivity contribution in [3.63, 3.8) is 0 Å². The maximum Gasteiger partial charge on any atom is 0.273 e. The molecule has 1 aliphatic rings. The maximum absolute atomic E-state index is 3.75. The molecular weight excluding hydrogens is 102 g/mol. The van der Waals surface area contributed by atoms with E-state index in [4.69, 9.17) is 0 Å². The van der Waals surface area contributed by atoms with Gasteiger partial charge in [0.05, 0.1) is 5.10 Å². The first kappa shape index (κ1) is 5.19. The highest BCUT2D eigenvalue weighted by molar-refractivity contribution is 6.29. The molecule has 3 heteroatoms. The van der Waals surface area contributed by atoms with E-state index in [1.54, 1.807) is 6.21 Å². The zero-order chi connectivity index (χ0) is 5.98. The molecule has 0 saturated heterocycles. The molecule has 8 heavy (non-hydrogen) atoms. The van der Waals surface area contributed by atoms with Crippen LogP contribution >= 0.6 is 0 Å². The molecule has 0 aromatic rings. The molecule has 0 bridgehead atoms. The standard InChI is InChI=1S/C5H8N3/c1-4(2)5-3-6-8-7-5/h3-4H,1-2H3/q+1. The van der Waals surface area contributed by atoms with Crippen molar-refractivity contribution in [1.29, 1.82) is 0 Å². The van der Waals surface area contributed by atoms with Gasteiger partial charge in [0.1, 0.15) is 0 Å². The molecule has 0 atom stereocenters. The highest BCUT2D eigenvalue weighted by Crippen LogP contribution is 1.96. The van der Waals surface area contributed by atoms with Gasteiger partial charge in [-0.1, -0.05) is 18.6 Å². The molecule has 0 amide bonds. The van der Waals surface area contributed by atoms with Crippen LogP contribution in [0.5, 0.6) is 0 Å². The average molecular weight is 110 g/mol. The van der Waals surface area contributed by atoms with Crippen molar-refractivity contribution >= 4 is 11.9 Å². The molecule has 0 N–H and O–H groups in total. The van der Waals surface area contributed by atoms with Crippen molar-refractivity contribution < 1.29 is 4.79 Å². The van der Waals surface area contributed by atoms with Crippen LogP contribution in [0.2, 0.25) is 0 Å². The van der Waals surface area contributed by atoms with Gasteiger partial charge in [-0.15, -0.1) is 0 Å². The molecular formula is C5H8N3+. The molecule has 0 saturated carbocycles. The van der Waals surface area contributed by atoms with Crippen LogP contribution in [0, 0.1) is 5.92 Å². The van der Waals surface area contributed by atoms with Crippen LogP contribution in [0.25, 0.3) is 0 Å². The van der Waals surface area contributed by atoms with Crippen LogP contribution in [-0.4, -0.2) is 16.7 Å². The molecule has 0 aliphatic carbocycles. The molecule has 1 rings (SSSR count). The zero-order valence-electron chi connectivity index (χ0n) is 5.00. The van der Waals surface area contributed by atoms with E-state index in [1.165, 1.54) is 0 Å². The quantitative estimate of drug-likeness (QED) is 0.447. The molecule has 42 valence electrons. The van der Waals surface area contributed by atoms with Crippen LogP contribution in [0.1, 0.15) is 13.8 Å². The van der Waals surface area contributed by atoms with E-state index in [-0.39, 0.29) is 0 Å². The molecule has 0 spiro atoms. The lowest BCUT2D eigenvalue weighted by molar-refractivity contribution is -0.0757.